The van der Waals surface area contributed by atoms with Crippen molar-refractivity contribution in [1.82, 2.24) is 9.97 Å². The number of hydrogen-bond donors (Lipinski definition) is 1. The number of nitrogens with one attached hydrogen (secondary N) is 1. The first-order valence-electron chi connectivity index (χ1n) is 7.17. The number of para-hydroxylation sites is 3. The Bertz CT molecular complexity index is 792. The summed E-state index contributed by atoms with van der Waals surface area (Å²) >= 11 is 0. The monoisotopic (exact) mass is 297 g/mol. The van der Waals surface area contributed by atoms with Gasteiger partial charge in [0.05, 0.1) is 12.3 Å². The number of benzene rings is 2. The molecule has 112 valence electrons. The molecule has 0 aliphatic carbocycles. The molecule has 0 amide bonds. The maximum absolute atomic E-state index is 13.8. The predicted molar refractivity (Wildman–Crippen MR) is 85.0 cm³/mol. The first-order chi connectivity index (χ1) is 10.8. The molecule has 2 aromatic carbocycles. The molecule has 0 aliphatic rings. The second-order valence-electron chi connectivity index (χ2n) is 4.83. The number of rotatable bonds is 5. The molecule has 0 aliphatic heterocycles. The van der Waals surface area contributed by atoms with Crippen LogP contribution in [0.15, 0.2) is 48.8 Å². The van der Waals surface area contributed by atoms with Crippen molar-refractivity contribution in [1.29, 1.82) is 0 Å². The van der Waals surface area contributed by atoms with Crippen molar-refractivity contribution in [3.8, 4) is 5.75 Å². The van der Waals surface area contributed by atoms with Gasteiger partial charge in [-0.25, -0.2) is 14.4 Å². The number of aromatic nitrogens is 2. The van der Waals surface area contributed by atoms with E-state index in [0.717, 1.165) is 17.9 Å². The Balaban J connectivity index is 1.99. The second kappa shape index (κ2) is 6.39. The molecular weight excluding hydrogens is 281 g/mol. The molecule has 0 unspecified atom stereocenters. The molecule has 0 saturated heterocycles. The van der Waals surface area contributed by atoms with Gasteiger partial charge in [0.1, 0.15) is 29.2 Å². The highest BCUT2D eigenvalue weighted by atomic mass is 19.1. The lowest BCUT2D eigenvalue weighted by Crippen LogP contribution is -2.01. The van der Waals surface area contributed by atoms with Gasteiger partial charge in [-0.3, -0.25) is 0 Å². The first kappa shape index (κ1) is 14.3. The van der Waals surface area contributed by atoms with Crippen LogP contribution >= 0.6 is 0 Å². The Kier molecular flexibility index (Phi) is 4.14. The molecule has 1 aromatic heterocycles. The standard InChI is InChI=1S/C17H16FN3O/c1-2-10-22-15-9-4-3-8-14(15)21-17-12-6-5-7-13(18)16(12)19-11-20-17/h3-9,11H,2,10H2,1H3,(H,19,20,21). The van der Waals surface area contributed by atoms with Crippen LogP contribution in [0.1, 0.15) is 13.3 Å². The van der Waals surface area contributed by atoms with Gasteiger partial charge in [-0.1, -0.05) is 25.1 Å². The highest BCUT2D eigenvalue weighted by molar-refractivity contribution is 5.91. The van der Waals surface area contributed by atoms with E-state index in [1.165, 1.54) is 12.4 Å². The van der Waals surface area contributed by atoms with E-state index in [1.54, 1.807) is 12.1 Å². The summed E-state index contributed by atoms with van der Waals surface area (Å²) in [6.45, 7) is 2.69. The topological polar surface area (TPSA) is 47.0 Å². The van der Waals surface area contributed by atoms with Crippen molar-refractivity contribution in [2.45, 2.75) is 13.3 Å². The molecule has 1 heterocycles. The Morgan fingerprint density at radius 3 is 2.82 bits per heavy atom. The van der Waals surface area contributed by atoms with Gasteiger partial charge in [0, 0.05) is 5.39 Å². The van der Waals surface area contributed by atoms with Crippen LogP contribution in [0.2, 0.25) is 0 Å². The summed E-state index contributed by atoms with van der Waals surface area (Å²) in [5.74, 6) is 0.933. The third-order valence-electron chi connectivity index (χ3n) is 3.22. The van der Waals surface area contributed by atoms with Gasteiger partial charge in [-0.15, -0.1) is 0 Å². The largest absolute Gasteiger partial charge is 0.491 e. The fourth-order valence-electron chi connectivity index (χ4n) is 2.19. The zero-order valence-corrected chi connectivity index (χ0v) is 12.2. The Labute approximate surface area is 128 Å². The summed E-state index contributed by atoms with van der Waals surface area (Å²) in [5, 5.41) is 3.84. The Morgan fingerprint density at radius 2 is 1.95 bits per heavy atom. The summed E-state index contributed by atoms with van der Waals surface area (Å²) < 4.78 is 19.5. The van der Waals surface area contributed by atoms with Crippen LogP contribution in [0.25, 0.3) is 10.9 Å². The number of fused-ring (bicyclic) bond motifs is 1. The number of halogens is 1. The van der Waals surface area contributed by atoms with Crippen molar-refractivity contribution in [3.63, 3.8) is 0 Å². The minimum Gasteiger partial charge on any atom is -0.491 e. The minimum absolute atomic E-state index is 0.298. The van der Waals surface area contributed by atoms with Crippen LogP contribution in [0, 0.1) is 5.82 Å². The average molecular weight is 297 g/mol. The maximum Gasteiger partial charge on any atom is 0.149 e. The fourth-order valence-corrected chi connectivity index (χ4v) is 2.19. The van der Waals surface area contributed by atoms with E-state index < -0.39 is 0 Å². The van der Waals surface area contributed by atoms with Crippen LogP contribution in [0.3, 0.4) is 0 Å². The molecule has 3 aromatic rings. The predicted octanol–water partition coefficient (Wildman–Crippen LogP) is 4.30. The number of hydrogen-bond acceptors (Lipinski definition) is 4. The molecule has 3 rings (SSSR count). The number of ether oxygens (including phenoxy) is 1. The van der Waals surface area contributed by atoms with Crippen molar-refractivity contribution in [3.05, 3.63) is 54.6 Å². The second-order valence-corrected chi connectivity index (χ2v) is 4.83. The minimum atomic E-state index is -0.363. The molecule has 0 atom stereocenters. The van der Waals surface area contributed by atoms with E-state index in [2.05, 4.69) is 22.2 Å². The van der Waals surface area contributed by atoms with Crippen LogP contribution in [0.4, 0.5) is 15.9 Å². The van der Waals surface area contributed by atoms with E-state index in [0.29, 0.717) is 23.3 Å². The lowest BCUT2D eigenvalue weighted by molar-refractivity contribution is 0.319. The SMILES string of the molecule is CCCOc1ccccc1Nc1ncnc2c(F)cccc12. The van der Waals surface area contributed by atoms with Gasteiger partial charge >= 0.3 is 0 Å². The summed E-state index contributed by atoms with van der Waals surface area (Å²) in [7, 11) is 0. The molecule has 5 heteroatoms. The highest BCUT2D eigenvalue weighted by Crippen LogP contribution is 2.30. The van der Waals surface area contributed by atoms with Gasteiger partial charge in [0.25, 0.3) is 0 Å². The van der Waals surface area contributed by atoms with E-state index >= 15 is 0 Å². The molecule has 0 radical (unpaired) electrons. The van der Waals surface area contributed by atoms with Gasteiger partial charge in [-0.05, 0) is 30.7 Å². The quantitative estimate of drug-likeness (QED) is 0.762. The molecule has 0 fully saturated rings. The van der Waals surface area contributed by atoms with E-state index in [9.17, 15) is 4.39 Å². The normalized spacial score (nSPS) is 10.6. The maximum atomic E-state index is 13.8. The molecule has 0 saturated carbocycles. The third-order valence-corrected chi connectivity index (χ3v) is 3.22. The van der Waals surface area contributed by atoms with Gasteiger partial charge in [0.15, 0.2) is 0 Å². The fraction of sp³-hybridized carbons (Fsp3) is 0.176. The lowest BCUT2D eigenvalue weighted by Gasteiger charge is -2.13. The molecule has 4 nitrogen and oxygen atoms in total. The Hall–Kier alpha value is -2.69. The van der Waals surface area contributed by atoms with Crippen molar-refractivity contribution >= 4 is 22.4 Å². The van der Waals surface area contributed by atoms with Crippen molar-refractivity contribution in [2.24, 2.45) is 0 Å². The summed E-state index contributed by atoms with van der Waals surface area (Å²) in [6.07, 6.45) is 2.28. The van der Waals surface area contributed by atoms with E-state index in [1.807, 2.05) is 24.3 Å². The number of anilines is 2. The smallest absolute Gasteiger partial charge is 0.149 e. The molecule has 0 spiro atoms. The highest BCUT2D eigenvalue weighted by Gasteiger charge is 2.09. The first-order valence-corrected chi connectivity index (χ1v) is 7.17. The summed E-state index contributed by atoms with van der Waals surface area (Å²) in [4.78, 5) is 8.22. The molecule has 22 heavy (non-hydrogen) atoms. The zero-order chi connectivity index (χ0) is 15.4. The van der Waals surface area contributed by atoms with Gasteiger partial charge in [-0.2, -0.15) is 0 Å². The number of nitrogens with zero attached hydrogens (tertiary/aromatic N) is 2. The van der Waals surface area contributed by atoms with E-state index in [-0.39, 0.29) is 5.82 Å². The average Bonchev–Trinajstić information content (AvgIpc) is 2.55. The van der Waals surface area contributed by atoms with Gasteiger partial charge in [0.2, 0.25) is 0 Å². The lowest BCUT2D eigenvalue weighted by atomic mass is 10.2. The zero-order valence-electron chi connectivity index (χ0n) is 12.2. The summed E-state index contributed by atoms with van der Waals surface area (Å²) in [5.41, 5.74) is 1.09. The van der Waals surface area contributed by atoms with Crippen LogP contribution in [0.5, 0.6) is 5.75 Å². The van der Waals surface area contributed by atoms with Gasteiger partial charge < -0.3 is 10.1 Å². The van der Waals surface area contributed by atoms with Crippen molar-refractivity contribution < 1.29 is 9.13 Å². The van der Waals surface area contributed by atoms with Crippen molar-refractivity contribution in [2.75, 3.05) is 11.9 Å². The molecular formula is C17H16FN3O. The molecule has 1 N–H and O–H groups in total. The van der Waals surface area contributed by atoms with E-state index in [4.69, 9.17) is 4.74 Å². The third kappa shape index (κ3) is 2.83. The Morgan fingerprint density at radius 1 is 1.09 bits per heavy atom. The summed E-state index contributed by atoms with van der Waals surface area (Å²) in [6, 6.07) is 12.4. The van der Waals surface area contributed by atoms with Crippen LogP contribution in [-0.2, 0) is 0 Å². The van der Waals surface area contributed by atoms with Crippen LogP contribution in [-0.4, -0.2) is 16.6 Å². The molecule has 0 bridgehead atoms. The van der Waals surface area contributed by atoms with Crippen LogP contribution < -0.4 is 10.1 Å².